The number of aliphatic hydroxyl groups is 1. The van der Waals surface area contributed by atoms with Crippen molar-refractivity contribution < 1.29 is 24.2 Å². The Kier molecular flexibility index (Phi) is 32.2. The number of benzene rings is 1. The van der Waals surface area contributed by atoms with Gasteiger partial charge in [0.1, 0.15) is 6.61 Å². The lowest BCUT2D eigenvalue weighted by Gasteiger charge is -2.23. The van der Waals surface area contributed by atoms with Crippen LogP contribution in [0.2, 0.25) is 0 Å². The second-order valence-electron chi connectivity index (χ2n) is 7.21. The van der Waals surface area contributed by atoms with Crippen molar-refractivity contribution in [3.8, 4) is 0 Å². The summed E-state index contributed by atoms with van der Waals surface area (Å²) in [6.45, 7) is 17.3. The fraction of sp³-hybridized carbons (Fsp3) is 0.433. The average Bonchev–Trinajstić information content (AvgIpc) is 2.97. The van der Waals surface area contributed by atoms with Crippen molar-refractivity contribution >= 4 is 36.8 Å². The van der Waals surface area contributed by atoms with Crippen molar-refractivity contribution in [3.05, 3.63) is 78.0 Å². The number of aliphatic hydroxyl groups excluding tert-OH is 1. The number of hydrogen-bond acceptors (Lipinski definition) is 7. The second-order valence-corrected chi connectivity index (χ2v) is 8.03. The Hall–Kier alpha value is -3.14. The molecule has 0 aromatic heterocycles. The van der Waals surface area contributed by atoms with Crippen LogP contribution in [0, 0.1) is 0 Å². The van der Waals surface area contributed by atoms with Gasteiger partial charge in [-0.2, -0.15) is 0 Å². The Morgan fingerprint density at radius 3 is 2.21 bits per heavy atom. The summed E-state index contributed by atoms with van der Waals surface area (Å²) in [5.74, 6) is 0.00185. The van der Waals surface area contributed by atoms with Crippen LogP contribution < -0.4 is 10.0 Å². The monoisotopic (exact) mass is 563 g/mol. The summed E-state index contributed by atoms with van der Waals surface area (Å²) in [7, 11) is 1.89. The van der Waals surface area contributed by atoms with Gasteiger partial charge < -0.3 is 20.1 Å². The van der Waals surface area contributed by atoms with Crippen LogP contribution in [-0.4, -0.2) is 61.9 Å². The minimum absolute atomic E-state index is 0.00185. The molecule has 0 bridgehead atoms. The van der Waals surface area contributed by atoms with E-state index in [0.717, 1.165) is 41.6 Å². The first-order valence-corrected chi connectivity index (χ1v) is 14.3. The van der Waals surface area contributed by atoms with E-state index in [2.05, 4.69) is 27.9 Å². The van der Waals surface area contributed by atoms with Gasteiger partial charge in [-0.25, -0.2) is 0 Å². The molecule has 1 heterocycles. The predicted molar refractivity (Wildman–Crippen MR) is 166 cm³/mol. The largest absolute Gasteiger partial charge is 0.466 e. The molecule has 1 aliphatic heterocycles. The van der Waals surface area contributed by atoms with Crippen molar-refractivity contribution in [2.24, 2.45) is 0 Å². The number of carbonyl (C=O) groups is 3. The summed E-state index contributed by atoms with van der Waals surface area (Å²) < 4.78 is 7.21. The summed E-state index contributed by atoms with van der Waals surface area (Å²) in [4.78, 5) is 33.3. The Morgan fingerprint density at radius 1 is 1.13 bits per heavy atom. The molecule has 1 aromatic carbocycles. The van der Waals surface area contributed by atoms with E-state index in [1.165, 1.54) is 0 Å². The quantitative estimate of drug-likeness (QED) is 0.191. The smallest absolute Gasteiger partial charge is 0.293 e. The zero-order valence-electron chi connectivity index (χ0n) is 24.6. The van der Waals surface area contributed by atoms with Crippen LogP contribution in [0.3, 0.4) is 0 Å². The van der Waals surface area contributed by atoms with Gasteiger partial charge in [-0.3, -0.25) is 19.1 Å². The molecule has 2 amide bonds. The van der Waals surface area contributed by atoms with Gasteiger partial charge in [-0.1, -0.05) is 95.3 Å². The fourth-order valence-corrected chi connectivity index (χ4v) is 2.65. The molecule has 1 aromatic rings. The Balaban J connectivity index is -0.000000526. The van der Waals surface area contributed by atoms with Gasteiger partial charge in [0.2, 0.25) is 12.3 Å². The van der Waals surface area contributed by atoms with Crippen molar-refractivity contribution in [1.82, 2.24) is 14.9 Å². The summed E-state index contributed by atoms with van der Waals surface area (Å²) in [6, 6.07) is 8.02. The zero-order chi connectivity index (χ0) is 30.3. The van der Waals surface area contributed by atoms with Crippen LogP contribution in [0.25, 0.3) is 6.08 Å². The Labute approximate surface area is 240 Å². The van der Waals surface area contributed by atoms with Crippen molar-refractivity contribution in [1.29, 1.82) is 0 Å². The molecule has 0 fully saturated rings. The highest BCUT2D eigenvalue weighted by atomic mass is 32.2. The van der Waals surface area contributed by atoms with E-state index < -0.39 is 0 Å². The molecular weight excluding hydrogens is 514 g/mol. The minimum Gasteiger partial charge on any atom is -0.466 e. The zero-order valence-corrected chi connectivity index (χ0v) is 25.4. The van der Waals surface area contributed by atoms with Crippen LogP contribution in [0.4, 0.5) is 0 Å². The van der Waals surface area contributed by atoms with Crippen LogP contribution in [-0.2, 0) is 25.7 Å². The molecule has 0 atom stereocenters. The Bertz CT molecular complexity index is 849. The van der Waals surface area contributed by atoms with Gasteiger partial charge in [0, 0.05) is 13.0 Å². The van der Waals surface area contributed by atoms with Gasteiger partial charge in [-0.15, -0.1) is 0 Å². The minimum atomic E-state index is 0.00185. The van der Waals surface area contributed by atoms with Crippen molar-refractivity contribution in [2.45, 2.75) is 53.5 Å². The van der Waals surface area contributed by atoms with Gasteiger partial charge in [0.05, 0.1) is 18.8 Å². The third-order valence-corrected chi connectivity index (χ3v) is 4.91. The van der Waals surface area contributed by atoms with Gasteiger partial charge in [0.25, 0.3) is 6.47 Å². The normalized spacial score (nSPS) is 13.6. The maximum absolute atomic E-state index is 11.3. The number of amides is 2. The molecule has 8 nitrogen and oxygen atoms in total. The lowest BCUT2D eigenvalue weighted by atomic mass is 10.0. The Morgan fingerprint density at radius 2 is 1.74 bits per heavy atom. The first kappa shape index (κ1) is 40.4. The number of nitrogens with zero attached hydrogens (tertiary/aromatic N) is 1. The van der Waals surface area contributed by atoms with E-state index in [1.54, 1.807) is 29.0 Å². The molecule has 0 radical (unpaired) electrons. The average molecular weight is 564 g/mol. The molecule has 220 valence electrons. The molecule has 0 aliphatic carbocycles. The number of fused-ring (bicyclic) bond motifs is 1. The summed E-state index contributed by atoms with van der Waals surface area (Å²) in [5.41, 5.74) is 3.91. The fourth-order valence-electron chi connectivity index (χ4n) is 2.65. The number of carbonyl (C=O) groups excluding carboxylic acids is 3. The highest BCUT2D eigenvalue weighted by Gasteiger charge is 2.13. The first-order chi connectivity index (χ1) is 18.9. The molecule has 1 aliphatic rings. The maximum atomic E-state index is 11.3. The number of rotatable bonds is 11. The maximum Gasteiger partial charge on any atom is 0.293 e. The van der Waals surface area contributed by atoms with Crippen LogP contribution >= 0.6 is 11.9 Å². The van der Waals surface area contributed by atoms with Crippen LogP contribution in [0.1, 0.15) is 58.1 Å². The highest BCUT2D eigenvalue weighted by molar-refractivity contribution is 7.96. The molecular formula is C30H49N3O5S. The molecule has 0 unspecified atom stereocenters. The van der Waals surface area contributed by atoms with E-state index in [-0.39, 0.29) is 12.5 Å². The third-order valence-electron chi connectivity index (χ3n) is 4.50. The molecule has 2 rings (SSSR count). The topological polar surface area (TPSA) is 108 Å². The standard InChI is InChI=1S/C16H15NO.C7H13NO3.C3H8O.C2H7NS.C2H6/c1-3-13-9-10-14-7-5-6-8-15(14)11-17(12-18)16(13)4-2;1-2-3-7(10)8-4-5-11-6-9;1-2-3-4;1-3-4-2;1-2/h3-10,12H,1-2,11H2;6H,2-5H2,1H3,(H,8,10);4H,2-3H2,1H3;3H,1-2H3;1-2H3/b10-9-,16-13-;;;;. The number of allylic oxidation sites excluding steroid dienone is 4. The van der Waals surface area contributed by atoms with Gasteiger partial charge in [-0.05, 0) is 48.9 Å². The van der Waals surface area contributed by atoms with Gasteiger partial charge in [0.15, 0.2) is 0 Å². The number of ether oxygens (including phenoxy) is 1. The van der Waals surface area contributed by atoms with E-state index in [1.807, 2.05) is 77.4 Å². The molecule has 39 heavy (non-hydrogen) atoms. The van der Waals surface area contributed by atoms with E-state index in [0.29, 0.717) is 32.6 Å². The SMILES string of the molecule is C=CC1=C(\C=C)N(C=O)Cc2ccccc2/C=C\1.CC.CCCC(=O)NCCOC=O.CCCO.CNSC. The third kappa shape index (κ3) is 21.5. The lowest BCUT2D eigenvalue weighted by Crippen LogP contribution is -2.26. The van der Waals surface area contributed by atoms with Crippen molar-refractivity contribution in [3.63, 3.8) is 0 Å². The van der Waals surface area contributed by atoms with E-state index in [4.69, 9.17) is 5.11 Å². The first-order valence-electron chi connectivity index (χ1n) is 13.0. The van der Waals surface area contributed by atoms with E-state index in [9.17, 15) is 14.4 Å². The molecule has 3 N–H and O–H groups in total. The van der Waals surface area contributed by atoms with Crippen LogP contribution in [0.15, 0.2) is 66.9 Å². The number of nitrogens with one attached hydrogen (secondary N) is 2. The summed E-state index contributed by atoms with van der Waals surface area (Å²) in [5, 5.41) is 10.5. The lowest BCUT2D eigenvalue weighted by molar-refractivity contribution is -0.129. The molecule has 0 saturated carbocycles. The van der Waals surface area contributed by atoms with Crippen LogP contribution in [0.5, 0.6) is 0 Å². The number of hydrogen-bond donors (Lipinski definition) is 3. The predicted octanol–water partition coefficient (Wildman–Crippen LogP) is 5.27. The second kappa shape index (κ2) is 31.1. The molecule has 0 spiro atoms. The molecule has 9 heteroatoms. The van der Waals surface area contributed by atoms with Crippen molar-refractivity contribution in [2.75, 3.05) is 33.1 Å². The summed E-state index contributed by atoms with van der Waals surface area (Å²) in [6.07, 6.45) is 12.5. The summed E-state index contributed by atoms with van der Waals surface area (Å²) >= 11 is 1.61. The van der Waals surface area contributed by atoms with E-state index >= 15 is 0 Å². The molecule has 0 saturated heterocycles. The highest BCUT2D eigenvalue weighted by Crippen LogP contribution is 2.23. The van der Waals surface area contributed by atoms with Gasteiger partial charge >= 0.3 is 0 Å².